The van der Waals surface area contributed by atoms with Gasteiger partial charge in [0.1, 0.15) is 39.8 Å². The fraction of sp³-hybridized carbons (Fsp3) is 0.682. The van der Waals surface area contributed by atoms with Crippen molar-refractivity contribution in [1.29, 1.82) is 5.34 Å². The topological polar surface area (TPSA) is 115 Å². The lowest BCUT2D eigenvalue weighted by atomic mass is 10.0. The Kier molecular flexibility index (Phi) is 11.0. The summed E-state index contributed by atoms with van der Waals surface area (Å²) in [6, 6.07) is 0. The molecule has 1 unspecified atom stereocenters. The number of carbonyl (C=O) groups excluding carboxylic acids is 1. The molecule has 9 nitrogen and oxygen atoms in total. The molecule has 4 atom stereocenters. The highest BCUT2D eigenvalue weighted by molar-refractivity contribution is 7.95. The van der Waals surface area contributed by atoms with Crippen LogP contribution in [0, 0.1) is 17.8 Å². The summed E-state index contributed by atoms with van der Waals surface area (Å²) in [5.74, 6) is 4.97. The van der Waals surface area contributed by atoms with E-state index in [1.807, 2.05) is 6.92 Å². The largest absolute Gasteiger partial charge is 0.452 e. The van der Waals surface area contributed by atoms with Gasteiger partial charge in [0, 0.05) is 12.6 Å². The second-order valence-electron chi connectivity index (χ2n) is 7.89. The zero-order valence-corrected chi connectivity index (χ0v) is 21.8. The van der Waals surface area contributed by atoms with Gasteiger partial charge < -0.3 is 23.6 Å². The minimum atomic E-state index is -1.06. The van der Waals surface area contributed by atoms with Gasteiger partial charge in [0.2, 0.25) is 0 Å². The van der Waals surface area contributed by atoms with Crippen LogP contribution in [-0.4, -0.2) is 73.1 Å². The number of carbonyl (C=O) groups is 1. The monoisotopic (exact) mass is 529 g/mol. The lowest BCUT2D eigenvalue weighted by molar-refractivity contribution is -0.146. The van der Waals surface area contributed by atoms with E-state index in [1.54, 1.807) is 0 Å². The average molecular weight is 529 g/mol. The van der Waals surface area contributed by atoms with Crippen LogP contribution < -0.4 is 11.4 Å². The molecule has 1 aromatic rings. The number of nitrogen functional groups attached to an aromatic ring is 1. The van der Waals surface area contributed by atoms with Gasteiger partial charge in [-0.3, -0.25) is 9.36 Å². The predicted molar refractivity (Wildman–Crippen MR) is 145 cm³/mol. The molecule has 0 spiro atoms. The zero-order chi connectivity index (χ0) is 28.8. The van der Waals surface area contributed by atoms with Crippen molar-refractivity contribution in [2.24, 2.45) is 5.92 Å². The summed E-state index contributed by atoms with van der Waals surface area (Å²) < 4.78 is 52.9. The van der Waals surface area contributed by atoms with Gasteiger partial charge in [0.05, 0.1) is 18.1 Å². The molecule has 13 heteroatoms. The van der Waals surface area contributed by atoms with E-state index in [2.05, 4.69) is 23.7 Å². The van der Waals surface area contributed by atoms with E-state index in [0.29, 0.717) is 0 Å². The van der Waals surface area contributed by atoms with E-state index in [9.17, 15) is 9.59 Å². The van der Waals surface area contributed by atoms with Crippen molar-refractivity contribution in [2.45, 2.75) is 64.4 Å². The summed E-state index contributed by atoms with van der Waals surface area (Å²) in [6.45, 7) is 3.89. The van der Waals surface area contributed by atoms with Gasteiger partial charge in [-0.05, 0) is 47.2 Å². The van der Waals surface area contributed by atoms with E-state index >= 15 is 0 Å². The molecule has 0 aromatic carbocycles. The number of nitrogens with two attached hydrogens (primary N) is 1. The second kappa shape index (κ2) is 16.2. The van der Waals surface area contributed by atoms with Crippen LogP contribution in [0.15, 0.2) is 11.0 Å². The Morgan fingerprint density at radius 3 is 3.06 bits per heavy atom. The van der Waals surface area contributed by atoms with Gasteiger partial charge in [-0.2, -0.15) is 4.98 Å². The summed E-state index contributed by atoms with van der Waals surface area (Å²) in [5.41, 5.74) is 5.84. The van der Waals surface area contributed by atoms with Crippen molar-refractivity contribution >= 4 is 51.4 Å². The Morgan fingerprint density at radius 1 is 1.49 bits per heavy atom. The van der Waals surface area contributed by atoms with E-state index in [0.717, 1.165) is 49.8 Å². The average Bonchev–Trinajstić information content (AvgIpc) is 3.27. The minimum absolute atomic E-state index is 0.0575. The number of ether oxygens (including phenoxy) is 2. The zero-order valence-electron chi connectivity index (χ0n) is 24.1. The molecule has 0 aliphatic carbocycles. The SMILES string of the molecule is [2H]B([3H])CSOC[C@H]1O[C@@H](n2cc(C#CCOC(=O)C(C)CCCCC)c(N)nc2=O)C[C@H]1OSCB([2H])[3H]. The van der Waals surface area contributed by atoms with Crippen LogP contribution in [0.3, 0.4) is 0 Å². The molecular weight excluding hydrogens is 488 g/mol. The van der Waals surface area contributed by atoms with Crippen LogP contribution in [0.1, 0.15) is 57.7 Å². The van der Waals surface area contributed by atoms with Crippen molar-refractivity contribution in [2.75, 3.05) is 30.3 Å². The third kappa shape index (κ3) is 9.77. The highest BCUT2D eigenvalue weighted by atomic mass is 32.2. The molecular formula is C22H35B2N3O6S2. The molecule has 2 heterocycles. The first-order chi connectivity index (χ1) is 18.6. The lowest BCUT2D eigenvalue weighted by Crippen LogP contribution is -2.29. The van der Waals surface area contributed by atoms with Crippen molar-refractivity contribution in [3.8, 4) is 11.8 Å². The maximum atomic E-state index is 12.6. The Balaban J connectivity index is 2.06. The molecule has 0 saturated carbocycles. The number of aromatic nitrogens is 2. The maximum absolute atomic E-state index is 12.6. The van der Waals surface area contributed by atoms with Crippen molar-refractivity contribution < 1.29 is 22.6 Å². The van der Waals surface area contributed by atoms with Crippen LogP contribution in [0.5, 0.6) is 0 Å². The van der Waals surface area contributed by atoms with Crippen LogP contribution in [0.2, 0.25) is 0 Å². The number of rotatable bonds is 16. The number of nitrogens with zero attached hydrogens (tertiary/aromatic N) is 2. The Bertz CT molecular complexity index is 1030. The maximum Gasteiger partial charge on any atom is 0.351 e. The Hall–Kier alpha value is -1.58. The first kappa shape index (κ1) is 23.8. The van der Waals surface area contributed by atoms with Crippen LogP contribution in [0.4, 0.5) is 5.82 Å². The van der Waals surface area contributed by atoms with Crippen LogP contribution >= 0.6 is 24.1 Å². The van der Waals surface area contributed by atoms with Crippen LogP contribution in [-0.2, 0) is 22.6 Å². The van der Waals surface area contributed by atoms with Gasteiger partial charge in [0.25, 0.3) is 0 Å². The minimum Gasteiger partial charge on any atom is -0.452 e. The normalized spacial score (nSPS) is 21.6. The molecule has 0 amide bonds. The Labute approximate surface area is 223 Å². The quantitative estimate of drug-likeness (QED) is 0.110. The summed E-state index contributed by atoms with van der Waals surface area (Å²) in [6.07, 6.45) is 3.71. The molecule has 1 saturated heterocycles. The van der Waals surface area contributed by atoms with Gasteiger partial charge >= 0.3 is 11.7 Å². The third-order valence-electron chi connectivity index (χ3n) is 5.27. The van der Waals surface area contributed by atoms with Gasteiger partial charge in [-0.15, -0.1) is 0 Å². The van der Waals surface area contributed by atoms with E-state index in [4.69, 9.17) is 28.9 Å². The number of anilines is 1. The standard InChI is InChI=1S/C22H35B2N3O6S2/c1-3-4-5-7-15(2)21(28)30-9-6-8-16-11-27(22(29)26-20(16)25)19-10-17(33-35-14-24)18(32-19)12-31-34-13-23/h11,15,17-19H,3-5,7,9-10,12-14,23-24H2,1-2H3,(H2,25,26,29)/t15?,17-,18-,19-/m1/s1/i23TD,24TD. The first-order valence-electron chi connectivity index (χ1n) is 13.8. The highest BCUT2D eigenvalue weighted by Crippen LogP contribution is 2.33. The molecule has 35 heavy (non-hydrogen) atoms. The molecule has 2 rings (SSSR count). The highest BCUT2D eigenvalue weighted by Gasteiger charge is 2.38. The van der Waals surface area contributed by atoms with Gasteiger partial charge in [-0.1, -0.05) is 45.0 Å². The smallest absolute Gasteiger partial charge is 0.351 e. The molecule has 1 aliphatic heterocycles. The number of hydrogen-bond donors (Lipinski definition) is 1. The van der Waals surface area contributed by atoms with E-state index in [-0.39, 0.29) is 54.2 Å². The van der Waals surface area contributed by atoms with E-state index in [1.165, 1.54) is 10.8 Å². The van der Waals surface area contributed by atoms with Gasteiger partial charge in [0.15, 0.2) is 6.61 Å². The van der Waals surface area contributed by atoms with Crippen molar-refractivity contribution in [3.05, 3.63) is 22.2 Å². The lowest BCUT2D eigenvalue weighted by Gasteiger charge is -2.17. The third-order valence-corrected chi connectivity index (χ3v) is 6.23. The molecule has 1 aromatic heterocycles. The van der Waals surface area contributed by atoms with Crippen molar-refractivity contribution in [3.63, 3.8) is 0 Å². The molecule has 0 bridgehead atoms. The second-order valence-corrected chi connectivity index (χ2v) is 9.46. The molecule has 1 fully saturated rings. The molecule has 1 aliphatic rings. The Morgan fingerprint density at radius 2 is 2.29 bits per heavy atom. The van der Waals surface area contributed by atoms with E-state index < -0.39 is 39.7 Å². The molecule has 192 valence electrons. The summed E-state index contributed by atoms with van der Waals surface area (Å²) in [7, 11) is -2.09. The number of esters is 1. The predicted octanol–water partition coefficient (Wildman–Crippen LogP) is 1.10. The first-order valence-corrected chi connectivity index (χ1v) is 13.4. The fourth-order valence-electron chi connectivity index (χ4n) is 3.40. The van der Waals surface area contributed by atoms with Crippen molar-refractivity contribution in [1.82, 2.24) is 9.55 Å². The summed E-state index contributed by atoms with van der Waals surface area (Å²) in [5, 5.41) is 0. The fourth-order valence-corrected chi connectivity index (χ4v) is 4.18. The number of unbranched alkanes of at least 4 members (excludes halogenated alkanes) is 2. The molecule has 2 N–H and O–H groups in total. The van der Waals surface area contributed by atoms with Crippen LogP contribution in [0.25, 0.3) is 0 Å². The summed E-state index contributed by atoms with van der Waals surface area (Å²) >= 11 is 1.95. The number of hydrogen-bond acceptors (Lipinski definition) is 10. The van der Waals surface area contributed by atoms with Gasteiger partial charge in [-0.25, -0.2) is 4.79 Å². The molecule has 0 radical (unpaired) electrons. The summed E-state index contributed by atoms with van der Waals surface area (Å²) in [4.78, 5) is 28.6.